The van der Waals surface area contributed by atoms with Crippen LogP contribution in [-0.2, 0) is 10.0 Å². The van der Waals surface area contributed by atoms with Gasteiger partial charge in [0.2, 0.25) is 16.0 Å². The number of aromatic nitrogens is 2. The molecule has 3 rings (SSSR count). The Morgan fingerprint density at radius 2 is 1.83 bits per heavy atom. The highest BCUT2D eigenvalue weighted by molar-refractivity contribution is 7.89. The van der Waals surface area contributed by atoms with Gasteiger partial charge >= 0.3 is 0 Å². The minimum atomic E-state index is -3.44. The lowest BCUT2D eigenvalue weighted by Gasteiger charge is -2.07. The van der Waals surface area contributed by atoms with E-state index in [-0.39, 0.29) is 4.90 Å². The molecule has 0 amide bonds. The summed E-state index contributed by atoms with van der Waals surface area (Å²) in [5.74, 6) is 0.463. The summed E-state index contributed by atoms with van der Waals surface area (Å²) in [7, 11) is -2.05. The predicted octanol–water partition coefficient (Wildman–Crippen LogP) is 3.17. The number of nitrogens with zero attached hydrogens (tertiary/aromatic N) is 2. The number of anilines is 2. The Morgan fingerprint density at radius 1 is 1.08 bits per heavy atom. The molecular formula is C16H16N4O2S2. The van der Waals surface area contributed by atoms with E-state index in [1.807, 2.05) is 18.4 Å². The largest absolute Gasteiger partial charge is 0.324 e. The van der Waals surface area contributed by atoms with Crippen molar-refractivity contribution in [3.05, 3.63) is 53.5 Å². The van der Waals surface area contributed by atoms with Crippen molar-refractivity contribution >= 4 is 33.0 Å². The molecule has 0 unspecified atom stereocenters. The SMILES string of the molecule is CNS(=O)(=O)c1ccc(Nc2nccc(-c3sccc3C)n2)cc1. The van der Waals surface area contributed by atoms with Crippen molar-refractivity contribution in [3.63, 3.8) is 0 Å². The zero-order valence-electron chi connectivity index (χ0n) is 13.1. The van der Waals surface area contributed by atoms with Crippen LogP contribution in [0, 0.1) is 6.92 Å². The monoisotopic (exact) mass is 360 g/mol. The third-order valence-corrected chi connectivity index (χ3v) is 5.91. The Kier molecular flexibility index (Phi) is 4.61. The molecule has 1 aromatic carbocycles. The molecule has 0 fully saturated rings. The second-order valence-electron chi connectivity index (χ2n) is 5.06. The van der Waals surface area contributed by atoms with Crippen LogP contribution in [-0.4, -0.2) is 25.4 Å². The number of hydrogen-bond acceptors (Lipinski definition) is 6. The fraction of sp³-hybridized carbons (Fsp3) is 0.125. The van der Waals surface area contributed by atoms with Crippen LogP contribution in [0.3, 0.4) is 0 Å². The van der Waals surface area contributed by atoms with E-state index in [0.29, 0.717) is 11.6 Å². The molecule has 0 aliphatic carbocycles. The summed E-state index contributed by atoms with van der Waals surface area (Å²) < 4.78 is 25.7. The average Bonchev–Trinajstić information content (AvgIpc) is 3.02. The Labute approximate surface area is 144 Å². The topological polar surface area (TPSA) is 84.0 Å². The van der Waals surface area contributed by atoms with E-state index in [4.69, 9.17) is 0 Å². The minimum absolute atomic E-state index is 0.208. The average molecular weight is 360 g/mol. The maximum absolute atomic E-state index is 11.7. The fourth-order valence-electron chi connectivity index (χ4n) is 2.14. The Balaban J connectivity index is 1.83. The highest BCUT2D eigenvalue weighted by Crippen LogP contribution is 2.28. The molecule has 2 heterocycles. The van der Waals surface area contributed by atoms with Gasteiger partial charge in [-0.3, -0.25) is 0 Å². The Bertz CT molecular complexity index is 950. The summed E-state index contributed by atoms with van der Waals surface area (Å²) >= 11 is 1.63. The normalized spacial score (nSPS) is 11.4. The lowest BCUT2D eigenvalue weighted by atomic mass is 10.2. The second-order valence-corrected chi connectivity index (χ2v) is 7.86. The number of aryl methyl sites for hydroxylation is 1. The van der Waals surface area contributed by atoms with E-state index in [0.717, 1.165) is 10.6 Å². The Morgan fingerprint density at radius 3 is 2.46 bits per heavy atom. The number of nitrogens with one attached hydrogen (secondary N) is 2. The molecule has 0 radical (unpaired) electrons. The molecule has 0 aliphatic rings. The summed E-state index contributed by atoms with van der Waals surface area (Å²) in [6.07, 6.45) is 1.70. The van der Waals surface area contributed by atoms with Gasteiger partial charge in [-0.25, -0.2) is 23.1 Å². The first kappa shape index (κ1) is 16.6. The first-order valence-electron chi connectivity index (χ1n) is 7.18. The number of rotatable bonds is 5. The predicted molar refractivity (Wildman–Crippen MR) is 96.1 cm³/mol. The smallest absolute Gasteiger partial charge is 0.240 e. The molecule has 24 heavy (non-hydrogen) atoms. The van der Waals surface area contributed by atoms with Crippen molar-refractivity contribution in [3.8, 4) is 10.6 Å². The zero-order valence-corrected chi connectivity index (χ0v) is 14.8. The molecule has 8 heteroatoms. The van der Waals surface area contributed by atoms with Gasteiger partial charge < -0.3 is 5.32 Å². The molecule has 0 aliphatic heterocycles. The van der Waals surface area contributed by atoms with Gasteiger partial charge in [-0.15, -0.1) is 11.3 Å². The molecule has 0 spiro atoms. The molecule has 3 aromatic rings. The summed E-state index contributed by atoms with van der Waals surface area (Å²) in [5.41, 5.74) is 2.74. The van der Waals surface area contributed by atoms with Crippen LogP contribution in [0.1, 0.15) is 5.56 Å². The highest BCUT2D eigenvalue weighted by Gasteiger charge is 2.11. The van der Waals surface area contributed by atoms with E-state index in [2.05, 4.69) is 26.1 Å². The first-order chi connectivity index (χ1) is 11.5. The van der Waals surface area contributed by atoms with Crippen LogP contribution < -0.4 is 10.0 Å². The van der Waals surface area contributed by atoms with Gasteiger partial charge in [0.05, 0.1) is 15.5 Å². The molecule has 0 bridgehead atoms. The van der Waals surface area contributed by atoms with E-state index >= 15 is 0 Å². The van der Waals surface area contributed by atoms with Crippen LogP contribution in [0.4, 0.5) is 11.6 Å². The van der Waals surface area contributed by atoms with Gasteiger partial charge in [0.25, 0.3) is 0 Å². The number of thiophene rings is 1. The maximum atomic E-state index is 11.7. The molecule has 2 N–H and O–H groups in total. The van der Waals surface area contributed by atoms with Gasteiger partial charge in [0, 0.05) is 11.9 Å². The molecule has 0 saturated carbocycles. The van der Waals surface area contributed by atoms with Gasteiger partial charge in [-0.1, -0.05) is 0 Å². The van der Waals surface area contributed by atoms with Gasteiger partial charge in [0.15, 0.2) is 0 Å². The molecule has 2 aromatic heterocycles. The Hall–Kier alpha value is -2.29. The standard InChI is InChI=1S/C16H16N4O2S2/c1-11-8-10-23-15(11)14-7-9-18-16(20-14)19-12-3-5-13(6-4-12)24(21,22)17-2/h3-10,17H,1-2H3,(H,18,19,20). The van der Waals surface area contributed by atoms with E-state index in [1.54, 1.807) is 29.7 Å². The van der Waals surface area contributed by atoms with E-state index < -0.39 is 10.0 Å². The quantitative estimate of drug-likeness (QED) is 0.730. The molecule has 0 atom stereocenters. The number of hydrogen-bond donors (Lipinski definition) is 2. The third-order valence-electron chi connectivity index (χ3n) is 3.44. The van der Waals surface area contributed by atoms with Crippen LogP contribution >= 0.6 is 11.3 Å². The summed E-state index contributed by atoms with van der Waals surface area (Å²) in [6, 6.07) is 10.3. The van der Waals surface area contributed by atoms with Gasteiger partial charge in [0.1, 0.15) is 0 Å². The second kappa shape index (κ2) is 6.68. The van der Waals surface area contributed by atoms with E-state index in [9.17, 15) is 8.42 Å². The van der Waals surface area contributed by atoms with Crippen LogP contribution in [0.25, 0.3) is 10.6 Å². The third kappa shape index (κ3) is 3.45. The minimum Gasteiger partial charge on any atom is -0.324 e. The lowest BCUT2D eigenvalue weighted by Crippen LogP contribution is -2.18. The van der Waals surface area contributed by atoms with Crippen molar-refractivity contribution in [2.45, 2.75) is 11.8 Å². The lowest BCUT2D eigenvalue weighted by molar-refractivity contribution is 0.588. The molecular weight excluding hydrogens is 344 g/mol. The van der Waals surface area contributed by atoms with Gasteiger partial charge in [-0.2, -0.15) is 0 Å². The van der Waals surface area contributed by atoms with Crippen molar-refractivity contribution in [1.29, 1.82) is 0 Å². The van der Waals surface area contributed by atoms with Crippen LogP contribution in [0.5, 0.6) is 0 Å². The van der Waals surface area contributed by atoms with Crippen molar-refractivity contribution in [1.82, 2.24) is 14.7 Å². The van der Waals surface area contributed by atoms with Gasteiger partial charge in [-0.05, 0) is 61.3 Å². The first-order valence-corrected chi connectivity index (χ1v) is 9.54. The number of sulfonamides is 1. The maximum Gasteiger partial charge on any atom is 0.240 e. The molecule has 124 valence electrons. The highest BCUT2D eigenvalue weighted by atomic mass is 32.2. The number of benzene rings is 1. The zero-order chi connectivity index (χ0) is 17.2. The van der Waals surface area contributed by atoms with Crippen LogP contribution in [0.15, 0.2) is 52.9 Å². The summed E-state index contributed by atoms with van der Waals surface area (Å²) in [5, 5.41) is 5.12. The summed E-state index contributed by atoms with van der Waals surface area (Å²) in [4.78, 5) is 10.0. The molecule has 6 nitrogen and oxygen atoms in total. The fourth-order valence-corrected chi connectivity index (χ4v) is 3.77. The van der Waals surface area contributed by atoms with Crippen molar-refractivity contribution in [2.24, 2.45) is 0 Å². The van der Waals surface area contributed by atoms with Crippen molar-refractivity contribution < 1.29 is 8.42 Å². The van der Waals surface area contributed by atoms with Crippen LogP contribution in [0.2, 0.25) is 0 Å². The van der Waals surface area contributed by atoms with Crippen molar-refractivity contribution in [2.75, 3.05) is 12.4 Å². The summed E-state index contributed by atoms with van der Waals surface area (Å²) in [6.45, 7) is 2.04. The van der Waals surface area contributed by atoms with E-state index in [1.165, 1.54) is 24.7 Å². The molecule has 0 saturated heterocycles.